The van der Waals surface area contributed by atoms with Gasteiger partial charge in [-0.1, -0.05) is 18.2 Å². The van der Waals surface area contributed by atoms with E-state index in [9.17, 15) is 14.4 Å². The summed E-state index contributed by atoms with van der Waals surface area (Å²) in [6.45, 7) is 1.75. The maximum Gasteiger partial charge on any atom is 0.238 e. The van der Waals surface area contributed by atoms with E-state index >= 15 is 0 Å². The van der Waals surface area contributed by atoms with Crippen LogP contribution >= 0.6 is 23.1 Å². The third kappa shape index (κ3) is 4.43. The third-order valence-electron chi connectivity index (χ3n) is 5.19. The molecular formula is C21H21FN6OS2. The van der Waals surface area contributed by atoms with Crippen LogP contribution in [0.2, 0.25) is 0 Å². The van der Waals surface area contributed by atoms with Gasteiger partial charge in [-0.05, 0) is 62.4 Å². The first-order valence-corrected chi connectivity index (χ1v) is 11.7. The van der Waals surface area contributed by atoms with Crippen LogP contribution in [-0.2, 0) is 17.6 Å². The van der Waals surface area contributed by atoms with Gasteiger partial charge in [-0.25, -0.2) is 9.07 Å². The molecule has 10 heteroatoms. The monoisotopic (exact) mass is 456 g/mol. The maximum absolute atomic E-state index is 13.2. The second-order valence-electron chi connectivity index (χ2n) is 7.31. The standard InChI is InChI=1S/C21H21FN6OS2/c1-12(30-21-27-26-18(28(21)24)13-7-9-14(22)10-8-13)19(29)25-20-16(11-23)15-5-3-2-4-6-17(15)31-20/h7-10,12H,2-6,24H2,1H3,(H,25,29). The van der Waals surface area contributed by atoms with Gasteiger partial charge in [0.15, 0.2) is 5.82 Å². The number of fused-ring (bicyclic) bond motifs is 1. The van der Waals surface area contributed by atoms with Crippen LogP contribution in [0.1, 0.15) is 42.2 Å². The van der Waals surface area contributed by atoms with Gasteiger partial charge in [0.25, 0.3) is 0 Å². The average Bonchev–Trinajstić information content (AvgIpc) is 3.18. The molecule has 1 atom stereocenters. The van der Waals surface area contributed by atoms with Crippen molar-refractivity contribution in [1.82, 2.24) is 14.9 Å². The number of anilines is 1. The minimum Gasteiger partial charge on any atom is -0.335 e. The molecule has 0 bridgehead atoms. The first-order valence-electron chi connectivity index (χ1n) is 9.96. The molecule has 1 aliphatic carbocycles. The fourth-order valence-electron chi connectivity index (χ4n) is 3.53. The largest absolute Gasteiger partial charge is 0.335 e. The number of nitrogen functional groups attached to an aromatic ring is 1. The van der Waals surface area contributed by atoms with Gasteiger partial charge in [0, 0.05) is 10.4 Å². The number of nitriles is 1. The summed E-state index contributed by atoms with van der Waals surface area (Å²) in [5.74, 6) is 5.90. The zero-order valence-corrected chi connectivity index (χ0v) is 18.5. The van der Waals surface area contributed by atoms with Crippen molar-refractivity contribution in [2.45, 2.75) is 49.4 Å². The number of hydrogen-bond donors (Lipinski definition) is 2. The number of benzene rings is 1. The van der Waals surface area contributed by atoms with E-state index in [1.165, 1.54) is 51.2 Å². The van der Waals surface area contributed by atoms with Crippen molar-refractivity contribution in [1.29, 1.82) is 5.26 Å². The molecule has 0 radical (unpaired) electrons. The number of carbonyl (C=O) groups excluding carboxylic acids is 1. The van der Waals surface area contributed by atoms with E-state index in [4.69, 9.17) is 5.84 Å². The molecule has 0 spiro atoms. The fourth-order valence-corrected chi connectivity index (χ4v) is 5.54. The summed E-state index contributed by atoms with van der Waals surface area (Å²) in [5, 5.41) is 21.2. The van der Waals surface area contributed by atoms with Crippen LogP contribution in [0.25, 0.3) is 11.4 Å². The third-order valence-corrected chi connectivity index (χ3v) is 7.45. The first-order chi connectivity index (χ1) is 15.0. The number of aromatic nitrogens is 3. The van der Waals surface area contributed by atoms with Crippen LogP contribution in [0.15, 0.2) is 29.4 Å². The Morgan fingerprint density at radius 1 is 1.29 bits per heavy atom. The summed E-state index contributed by atoms with van der Waals surface area (Å²) in [5.41, 5.74) is 2.30. The molecule has 2 aromatic heterocycles. The second-order valence-corrected chi connectivity index (χ2v) is 9.73. The minimum absolute atomic E-state index is 0.232. The highest BCUT2D eigenvalue weighted by Crippen LogP contribution is 2.37. The van der Waals surface area contributed by atoms with Crippen LogP contribution in [0.5, 0.6) is 0 Å². The fraction of sp³-hybridized carbons (Fsp3) is 0.333. The van der Waals surface area contributed by atoms with E-state index in [2.05, 4.69) is 21.6 Å². The maximum atomic E-state index is 13.2. The number of amides is 1. The molecule has 1 aromatic carbocycles. The van der Waals surface area contributed by atoms with Gasteiger partial charge in [0.2, 0.25) is 11.1 Å². The summed E-state index contributed by atoms with van der Waals surface area (Å²) in [6, 6.07) is 8.05. The number of rotatable bonds is 5. The van der Waals surface area contributed by atoms with Crippen molar-refractivity contribution >= 4 is 34.0 Å². The molecule has 0 fully saturated rings. The lowest BCUT2D eigenvalue weighted by Crippen LogP contribution is -2.23. The van der Waals surface area contributed by atoms with Crippen molar-refractivity contribution in [3.63, 3.8) is 0 Å². The van der Waals surface area contributed by atoms with Crippen molar-refractivity contribution in [2.24, 2.45) is 0 Å². The average molecular weight is 457 g/mol. The molecule has 1 aliphatic rings. The van der Waals surface area contributed by atoms with Crippen molar-refractivity contribution in [3.05, 3.63) is 46.1 Å². The molecule has 2 heterocycles. The van der Waals surface area contributed by atoms with Crippen LogP contribution in [-0.4, -0.2) is 26.0 Å². The van der Waals surface area contributed by atoms with Crippen LogP contribution in [0.4, 0.5) is 9.39 Å². The number of nitrogens with two attached hydrogens (primary N) is 1. The highest BCUT2D eigenvalue weighted by molar-refractivity contribution is 8.00. The van der Waals surface area contributed by atoms with Crippen molar-refractivity contribution in [3.8, 4) is 17.5 Å². The van der Waals surface area contributed by atoms with Gasteiger partial charge in [0.1, 0.15) is 16.9 Å². The number of hydrogen-bond acceptors (Lipinski definition) is 7. The Balaban J connectivity index is 1.48. The molecule has 1 unspecified atom stereocenters. The summed E-state index contributed by atoms with van der Waals surface area (Å²) < 4.78 is 14.4. The zero-order chi connectivity index (χ0) is 22.0. The molecule has 4 rings (SSSR count). The SMILES string of the molecule is CC(Sc1nnc(-c2ccc(F)cc2)n1N)C(=O)Nc1sc2c(c1C#N)CCCCC2. The molecule has 3 aromatic rings. The lowest BCUT2D eigenvalue weighted by atomic mass is 10.1. The Morgan fingerprint density at radius 2 is 2.03 bits per heavy atom. The number of nitrogens with zero attached hydrogens (tertiary/aromatic N) is 4. The van der Waals surface area contributed by atoms with Gasteiger partial charge in [-0.2, -0.15) is 5.26 Å². The molecule has 31 heavy (non-hydrogen) atoms. The topological polar surface area (TPSA) is 110 Å². The summed E-state index contributed by atoms with van der Waals surface area (Å²) in [6.07, 6.45) is 5.19. The number of nitrogens with one attached hydrogen (secondary N) is 1. The summed E-state index contributed by atoms with van der Waals surface area (Å²) >= 11 is 2.67. The van der Waals surface area contributed by atoms with E-state index in [1.54, 1.807) is 19.1 Å². The van der Waals surface area contributed by atoms with Crippen LogP contribution in [0, 0.1) is 17.1 Å². The Bertz CT molecular complexity index is 1150. The highest BCUT2D eigenvalue weighted by Gasteiger charge is 2.24. The van der Waals surface area contributed by atoms with Crippen molar-refractivity contribution < 1.29 is 9.18 Å². The molecule has 7 nitrogen and oxygen atoms in total. The van der Waals surface area contributed by atoms with E-state index < -0.39 is 5.25 Å². The van der Waals surface area contributed by atoms with Crippen molar-refractivity contribution in [2.75, 3.05) is 11.2 Å². The normalized spacial score (nSPS) is 14.4. The molecule has 0 aliphatic heterocycles. The first kappa shape index (κ1) is 21.3. The lowest BCUT2D eigenvalue weighted by molar-refractivity contribution is -0.115. The summed E-state index contributed by atoms with van der Waals surface area (Å²) in [4.78, 5) is 14.0. The van der Waals surface area contributed by atoms with E-state index in [0.29, 0.717) is 27.1 Å². The number of carbonyl (C=O) groups is 1. The molecule has 160 valence electrons. The summed E-state index contributed by atoms with van der Waals surface area (Å²) in [7, 11) is 0. The van der Waals surface area contributed by atoms with Gasteiger partial charge in [0.05, 0.1) is 10.8 Å². The Labute approximate surface area is 187 Å². The number of thioether (sulfide) groups is 1. The minimum atomic E-state index is -0.513. The quantitative estimate of drug-likeness (QED) is 0.340. The number of aryl methyl sites for hydroxylation is 1. The van der Waals surface area contributed by atoms with Crippen LogP contribution < -0.4 is 11.2 Å². The molecule has 0 saturated heterocycles. The van der Waals surface area contributed by atoms with Gasteiger partial charge < -0.3 is 11.2 Å². The van der Waals surface area contributed by atoms with E-state index in [1.807, 2.05) is 0 Å². The zero-order valence-electron chi connectivity index (χ0n) is 16.9. The molecular weight excluding hydrogens is 435 g/mol. The number of halogens is 1. The molecule has 1 amide bonds. The highest BCUT2D eigenvalue weighted by atomic mass is 32.2. The predicted octanol–water partition coefficient (Wildman–Crippen LogP) is 4.12. The molecule has 0 saturated carbocycles. The number of thiophene rings is 1. The van der Waals surface area contributed by atoms with Gasteiger partial charge in [-0.3, -0.25) is 4.79 Å². The van der Waals surface area contributed by atoms with Gasteiger partial charge in [-0.15, -0.1) is 21.5 Å². The smallest absolute Gasteiger partial charge is 0.238 e. The van der Waals surface area contributed by atoms with E-state index in [-0.39, 0.29) is 11.7 Å². The lowest BCUT2D eigenvalue weighted by Gasteiger charge is -2.11. The van der Waals surface area contributed by atoms with Crippen LogP contribution in [0.3, 0.4) is 0 Å². The Hall–Kier alpha value is -2.90. The molecule has 3 N–H and O–H groups in total. The van der Waals surface area contributed by atoms with Gasteiger partial charge >= 0.3 is 0 Å². The predicted molar refractivity (Wildman–Crippen MR) is 120 cm³/mol. The Morgan fingerprint density at radius 3 is 2.77 bits per heavy atom. The second kappa shape index (κ2) is 9.08. The Kier molecular flexibility index (Phi) is 6.25. The van der Waals surface area contributed by atoms with E-state index in [0.717, 1.165) is 31.2 Å².